The fourth-order valence-electron chi connectivity index (χ4n) is 2.12. The SMILES string of the molecule is COCC(N)C(=O)Nc1cccc(OCC2CCCO2)c1.Cl. The minimum atomic E-state index is -0.688. The molecule has 0 radical (unpaired) electrons. The fraction of sp³-hybridized carbons (Fsp3) is 0.533. The quantitative estimate of drug-likeness (QED) is 0.793. The van der Waals surface area contributed by atoms with E-state index in [4.69, 9.17) is 19.9 Å². The maximum absolute atomic E-state index is 11.8. The topological polar surface area (TPSA) is 82.8 Å². The van der Waals surface area contributed by atoms with E-state index in [-0.39, 0.29) is 31.0 Å². The zero-order valence-electron chi connectivity index (χ0n) is 12.6. The molecule has 2 rings (SSSR count). The van der Waals surface area contributed by atoms with E-state index in [2.05, 4.69) is 5.32 Å². The molecule has 1 heterocycles. The van der Waals surface area contributed by atoms with Crippen LogP contribution in [0.15, 0.2) is 24.3 Å². The smallest absolute Gasteiger partial charge is 0.243 e. The van der Waals surface area contributed by atoms with Gasteiger partial charge in [-0.25, -0.2) is 0 Å². The van der Waals surface area contributed by atoms with Crippen LogP contribution in [0.5, 0.6) is 5.75 Å². The number of carbonyl (C=O) groups is 1. The summed E-state index contributed by atoms with van der Waals surface area (Å²) < 4.78 is 16.0. The average molecular weight is 331 g/mol. The number of hydrogen-bond acceptors (Lipinski definition) is 5. The molecular weight excluding hydrogens is 308 g/mol. The number of ether oxygens (including phenoxy) is 3. The number of benzene rings is 1. The highest BCUT2D eigenvalue weighted by Gasteiger charge is 2.16. The van der Waals surface area contributed by atoms with Crippen LogP contribution in [0, 0.1) is 0 Å². The molecule has 0 bridgehead atoms. The number of methoxy groups -OCH3 is 1. The zero-order valence-corrected chi connectivity index (χ0v) is 13.4. The third-order valence-corrected chi connectivity index (χ3v) is 3.24. The van der Waals surface area contributed by atoms with Crippen molar-refractivity contribution >= 4 is 24.0 Å². The lowest BCUT2D eigenvalue weighted by Gasteiger charge is -2.14. The van der Waals surface area contributed by atoms with Gasteiger partial charge in [0.1, 0.15) is 18.4 Å². The number of anilines is 1. The van der Waals surface area contributed by atoms with Crippen LogP contribution in [-0.4, -0.2) is 45.0 Å². The minimum Gasteiger partial charge on any atom is -0.491 e. The largest absolute Gasteiger partial charge is 0.491 e. The van der Waals surface area contributed by atoms with E-state index in [1.165, 1.54) is 7.11 Å². The Morgan fingerprint density at radius 2 is 2.36 bits per heavy atom. The van der Waals surface area contributed by atoms with Crippen molar-refractivity contribution in [3.8, 4) is 5.75 Å². The molecular formula is C15H23ClN2O4. The summed E-state index contributed by atoms with van der Waals surface area (Å²) in [5.41, 5.74) is 6.32. The Labute approximate surface area is 136 Å². The monoisotopic (exact) mass is 330 g/mol. The average Bonchev–Trinajstić information content (AvgIpc) is 2.99. The third-order valence-electron chi connectivity index (χ3n) is 3.24. The van der Waals surface area contributed by atoms with Crippen molar-refractivity contribution in [2.45, 2.75) is 25.0 Å². The first kappa shape index (κ1) is 18.7. The maximum atomic E-state index is 11.8. The molecule has 0 spiro atoms. The molecule has 1 saturated heterocycles. The number of nitrogens with one attached hydrogen (secondary N) is 1. The van der Waals surface area contributed by atoms with E-state index < -0.39 is 6.04 Å². The second kappa shape index (κ2) is 9.63. The molecule has 124 valence electrons. The summed E-state index contributed by atoms with van der Waals surface area (Å²) in [5.74, 6) is 0.414. The van der Waals surface area contributed by atoms with E-state index in [1.807, 2.05) is 12.1 Å². The molecule has 0 aromatic heterocycles. The van der Waals surface area contributed by atoms with E-state index in [0.29, 0.717) is 18.0 Å². The summed E-state index contributed by atoms with van der Waals surface area (Å²) >= 11 is 0. The number of carbonyl (C=O) groups excluding carboxylic acids is 1. The van der Waals surface area contributed by atoms with Gasteiger partial charge in [-0.1, -0.05) is 6.07 Å². The van der Waals surface area contributed by atoms with Crippen LogP contribution in [0.1, 0.15) is 12.8 Å². The van der Waals surface area contributed by atoms with Crippen LogP contribution >= 0.6 is 12.4 Å². The standard InChI is InChI=1S/C15H22N2O4.ClH/c1-19-10-14(16)15(18)17-11-4-2-5-12(8-11)21-9-13-6-3-7-20-13;/h2,4-5,8,13-14H,3,6-7,9-10,16H2,1H3,(H,17,18);1H. The predicted molar refractivity (Wildman–Crippen MR) is 86.6 cm³/mol. The Morgan fingerprint density at radius 3 is 3.05 bits per heavy atom. The summed E-state index contributed by atoms with van der Waals surface area (Å²) in [5, 5.41) is 2.74. The third kappa shape index (κ3) is 5.81. The van der Waals surface area contributed by atoms with Gasteiger partial charge in [-0.2, -0.15) is 0 Å². The van der Waals surface area contributed by atoms with Crippen molar-refractivity contribution in [2.24, 2.45) is 5.73 Å². The van der Waals surface area contributed by atoms with Gasteiger partial charge >= 0.3 is 0 Å². The summed E-state index contributed by atoms with van der Waals surface area (Å²) in [6.07, 6.45) is 2.28. The molecule has 7 heteroatoms. The van der Waals surface area contributed by atoms with Gasteiger partial charge in [0.2, 0.25) is 5.91 Å². The molecule has 1 aliphatic heterocycles. The van der Waals surface area contributed by atoms with E-state index in [9.17, 15) is 4.79 Å². The predicted octanol–water partition coefficient (Wildman–Crippen LogP) is 1.58. The lowest BCUT2D eigenvalue weighted by molar-refractivity contribution is -0.118. The van der Waals surface area contributed by atoms with Gasteiger partial charge < -0.3 is 25.3 Å². The second-order valence-corrected chi connectivity index (χ2v) is 5.02. The molecule has 2 atom stereocenters. The second-order valence-electron chi connectivity index (χ2n) is 5.02. The van der Waals surface area contributed by atoms with Gasteiger partial charge in [-0.3, -0.25) is 4.79 Å². The number of hydrogen-bond donors (Lipinski definition) is 2. The molecule has 1 amide bonds. The number of halogens is 1. The van der Waals surface area contributed by atoms with Gasteiger partial charge in [0.15, 0.2) is 0 Å². The molecule has 1 aromatic carbocycles. The Morgan fingerprint density at radius 1 is 1.55 bits per heavy atom. The van der Waals surface area contributed by atoms with Crippen molar-refractivity contribution in [1.29, 1.82) is 0 Å². The van der Waals surface area contributed by atoms with Gasteiger partial charge in [0, 0.05) is 25.5 Å². The molecule has 1 aromatic rings. The summed E-state index contributed by atoms with van der Waals surface area (Å²) in [7, 11) is 1.51. The summed E-state index contributed by atoms with van der Waals surface area (Å²) in [4.78, 5) is 11.8. The molecule has 22 heavy (non-hydrogen) atoms. The Balaban J connectivity index is 0.00000242. The lowest BCUT2D eigenvalue weighted by Crippen LogP contribution is -2.39. The highest BCUT2D eigenvalue weighted by molar-refractivity contribution is 5.94. The Hall–Kier alpha value is -1.34. The molecule has 0 aliphatic carbocycles. The number of amides is 1. The summed E-state index contributed by atoms with van der Waals surface area (Å²) in [6.45, 7) is 1.52. The first-order chi connectivity index (χ1) is 10.2. The highest BCUT2D eigenvalue weighted by atomic mass is 35.5. The van der Waals surface area contributed by atoms with Crippen LogP contribution < -0.4 is 15.8 Å². The number of nitrogens with two attached hydrogens (primary N) is 1. The zero-order chi connectivity index (χ0) is 15.1. The van der Waals surface area contributed by atoms with Crippen molar-refractivity contribution < 1.29 is 19.0 Å². The van der Waals surface area contributed by atoms with Crippen LogP contribution in [0.4, 0.5) is 5.69 Å². The van der Waals surface area contributed by atoms with E-state index in [0.717, 1.165) is 19.4 Å². The van der Waals surface area contributed by atoms with Crippen LogP contribution in [0.25, 0.3) is 0 Å². The maximum Gasteiger partial charge on any atom is 0.243 e. The first-order valence-corrected chi connectivity index (χ1v) is 7.09. The van der Waals surface area contributed by atoms with Gasteiger partial charge in [0.05, 0.1) is 12.7 Å². The Kier molecular flexibility index (Phi) is 8.19. The van der Waals surface area contributed by atoms with Crippen LogP contribution in [0.3, 0.4) is 0 Å². The van der Waals surface area contributed by atoms with Crippen molar-refractivity contribution in [1.82, 2.24) is 0 Å². The van der Waals surface area contributed by atoms with Gasteiger partial charge in [-0.15, -0.1) is 12.4 Å². The Bertz CT molecular complexity index is 467. The number of rotatable bonds is 7. The highest BCUT2D eigenvalue weighted by Crippen LogP contribution is 2.19. The van der Waals surface area contributed by atoms with Crippen molar-refractivity contribution in [2.75, 3.05) is 32.2 Å². The van der Waals surface area contributed by atoms with E-state index >= 15 is 0 Å². The lowest BCUT2D eigenvalue weighted by atomic mass is 10.2. The van der Waals surface area contributed by atoms with Crippen LogP contribution in [0.2, 0.25) is 0 Å². The fourth-order valence-corrected chi connectivity index (χ4v) is 2.12. The van der Waals surface area contributed by atoms with E-state index in [1.54, 1.807) is 12.1 Å². The molecule has 1 fully saturated rings. The summed E-state index contributed by atoms with van der Waals surface area (Å²) in [6, 6.07) is 6.54. The molecule has 1 aliphatic rings. The van der Waals surface area contributed by atoms with Crippen LogP contribution in [-0.2, 0) is 14.3 Å². The molecule has 3 N–H and O–H groups in total. The minimum absolute atomic E-state index is 0. The van der Waals surface area contributed by atoms with Crippen molar-refractivity contribution in [3.05, 3.63) is 24.3 Å². The molecule has 0 saturated carbocycles. The molecule has 2 unspecified atom stereocenters. The first-order valence-electron chi connectivity index (χ1n) is 7.09. The molecule has 6 nitrogen and oxygen atoms in total. The van der Waals surface area contributed by atoms with Crippen molar-refractivity contribution in [3.63, 3.8) is 0 Å². The van der Waals surface area contributed by atoms with Gasteiger partial charge in [0.25, 0.3) is 0 Å². The van der Waals surface area contributed by atoms with Gasteiger partial charge in [-0.05, 0) is 25.0 Å². The normalized spacial score (nSPS) is 18.4.